The van der Waals surface area contributed by atoms with Crippen LogP contribution in [0.15, 0.2) is 0 Å². The van der Waals surface area contributed by atoms with Gasteiger partial charge < -0.3 is 19.6 Å². The van der Waals surface area contributed by atoms with Crippen LogP contribution in [0.4, 0.5) is 0 Å². The molecule has 1 saturated heterocycles. The third kappa shape index (κ3) is 5.43. The van der Waals surface area contributed by atoms with E-state index in [1.54, 1.807) is 0 Å². The molecule has 5 N–H and O–H groups in total. The van der Waals surface area contributed by atoms with Crippen molar-refractivity contribution in [3.63, 3.8) is 0 Å². The van der Waals surface area contributed by atoms with Crippen molar-refractivity contribution in [1.82, 2.24) is 5.32 Å². The molecule has 1 fully saturated rings. The van der Waals surface area contributed by atoms with Gasteiger partial charge in [-0.25, -0.2) is 0 Å². The minimum Gasteiger partial charge on any atom is -0.323 e. The second-order valence-electron chi connectivity index (χ2n) is 5.76. The summed E-state index contributed by atoms with van der Waals surface area (Å²) in [6.45, 7) is 0.205. The predicted octanol–water partition coefficient (Wildman–Crippen LogP) is 2.50. The molecule has 1 aliphatic heterocycles. The number of nitrogens with one attached hydrogen (secondary N) is 1. The fraction of sp³-hybridized carbons (Fsp3) is 1.00. The van der Waals surface area contributed by atoms with Gasteiger partial charge in [0.15, 0.2) is 0 Å². The van der Waals surface area contributed by atoms with Gasteiger partial charge in [0.1, 0.15) is 0 Å². The van der Waals surface area contributed by atoms with E-state index in [-0.39, 0.29) is 13.0 Å². The zero-order chi connectivity index (χ0) is 16.0. The quantitative estimate of drug-likeness (QED) is 0.487. The van der Waals surface area contributed by atoms with E-state index in [0.29, 0.717) is 12.8 Å². The first kappa shape index (κ1) is 19.3. The van der Waals surface area contributed by atoms with Crippen molar-refractivity contribution in [3.05, 3.63) is 0 Å². The lowest BCUT2D eigenvalue weighted by molar-refractivity contribution is 0.276. The van der Waals surface area contributed by atoms with Crippen LogP contribution in [0.1, 0.15) is 64.2 Å². The minimum absolute atomic E-state index is 0.205. The molecule has 1 aliphatic rings. The summed E-state index contributed by atoms with van der Waals surface area (Å²) in [7, 11) is -9.97. The van der Waals surface area contributed by atoms with Crippen LogP contribution in [0, 0.1) is 0 Å². The molecule has 9 heteroatoms. The van der Waals surface area contributed by atoms with E-state index >= 15 is 0 Å². The molecule has 0 spiro atoms. The van der Waals surface area contributed by atoms with E-state index in [9.17, 15) is 28.7 Å². The Hall–Kier alpha value is 0.260. The van der Waals surface area contributed by atoms with Gasteiger partial charge in [0.2, 0.25) is 5.02 Å². The highest BCUT2D eigenvalue weighted by Crippen LogP contribution is 2.69. The Balaban J connectivity index is 2.93. The van der Waals surface area contributed by atoms with Crippen LogP contribution in [0.5, 0.6) is 0 Å². The van der Waals surface area contributed by atoms with Crippen LogP contribution in [0.25, 0.3) is 0 Å². The van der Waals surface area contributed by atoms with E-state index in [1.807, 2.05) is 0 Å². The van der Waals surface area contributed by atoms with Gasteiger partial charge in [-0.3, -0.25) is 14.4 Å². The molecule has 0 aromatic carbocycles. The largest absolute Gasteiger partial charge is 0.357 e. The van der Waals surface area contributed by atoms with E-state index in [2.05, 4.69) is 5.32 Å². The second kappa shape index (κ2) is 8.21. The van der Waals surface area contributed by atoms with Crippen LogP contribution in [0.3, 0.4) is 0 Å². The molecule has 0 aliphatic carbocycles. The van der Waals surface area contributed by atoms with Gasteiger partial charge in [0.05, 0.1) is 0 Å². The lowest BCUT2D eigenvalue weighted by Gasteiger charge is -2.35. The third-order valence-electron chi connectivity index (χ3n) is 4.07. The topological polar surface area (TPSA) is 127 Å². The molecule has 1 heterocycles. The van der Waals surface area contributed by atoms with Gasteiger partial charge in [-0.15, -0.1) is 0 Å². The summed E-state index contributed by atoms with van der Waals surface area (Å²) in [6, 6.07) is 0. The summed E-state index contributed by atoms with van der Waals surface area (Å²) >= 11 is 0. The molecule has 0 saturated carbocycles. The second-order valence-corrected chi connectivity index (χ2v) is 9.82. The van der Waals surface area contributed by atoms with Gasteiger partial charge >= 0.3 is 15.2 Å². The summed E-state index contributed by atoms with van der Waals surface area (Å²) in [5.74, 6) is 0. The molecule has 126 valence electrons. The summed E-state index contributed by atoms with van der Waals surface area (Å²) in [5.41, 5.74) is 0. The van der Waals surface area contributed by atoms with E-state index in [1.165, 1.54) is 0 Å². The molecular formula is C12H27NO6P2. The molecule has 0 bridgehead atoms. The SMILES string of the molecule is O=P(O)(O)C1(P(=O)(O)O)CCCCCCCCCCCN1. The van der Waals surface area contributed by atoms with Crippen molar-refractivity contribution < 1.29 is 28.7 Å². The van der Waals surface area contributed by atoms with Gasteiger partial charge in [0, 0.05) is 0 Å². The van der Waals surface area contributed by atoms with E-state index in [4.69, 9.17) is 0 Å². The fourth-order valence-electron chi connectivity index (χ4n) is 2.78. The summed E-state index contributed by atoms with van der Waals surface area (Å²) in [6.07, 6.45) is 7.78. The monoisotopic (exact) mass is 343 g/mol. The highest BCUT2D eigenvalue weighted by atomic mass is 31.2. The molecular weight excluding hydrogens is 316 g/mol. The maximum absolute atomic E-state index is 11.8. The first-order chi connectivity index (χ1) is 9.71. The molecule has 0 unspecified atom stereocenters. The normalized spacial score (nSPS) is 23.6. The number of hydrogen-bond donors (Lipinski definition) is 5. The Bertz CT molecular complexity index is 367. The van der Waals surface area contributed by atoms with Crippen molar-refractivity contribution in [2.75, 3.05) is 6.54 Å². The highest BCUT2D eigenvalue weighted by molar-refractivity contribution is 7.72. The Morgan fingerprint density at radius 2 is 1.05 bits per heavy atom. The number of hydrogen-bond acceptors (Lipinski definition) is 3. The first-order valence-corrected chi connectivity index (χ1v) is 10.8. The predicted molar refractivity (Wildman–Crippen MR) is 81.0 cm³/mol. The summed E-state index contributed by atoms with van der Waals surface area (Å²) in [5, 5.41) is 0.103. The molecule has 21 heavy (non-hydrogen) atoms. The molecule has 0 atom stereocenters. The standard InChI is InChI=1S/C12H27NO6P2/c14-20(15,16)12(21(17,18)19)10-8-6-4-2-1-3-5-7-9-11-13-12/h13H,1-11H2,(H2,14,15,16)(H2,17,18,19). The van der Waals surface area contributed by atoms with Gasteiger partial charge in [-0.05, 0) is 19.4 Å². The Kier molecular flexibility index (Phi) is 7.55. The van der Waals surface area contributed by atoms with Crippen molar-refractivity contribution >= 4 is 15.2 Å². The average molecular weight is 343 g/mol. The van der Waals surface area contributed by atoms with Crippen LogP contribution in [0.2, 0.25) is 0 Å². The Morgan fingerprint density at radius 1 is 0.667 bits per heavy atom. The zero-order valence-electron chi connectivity index (χ0n) is 12.3. The molecule has 0 amide bonds. The summed E-state index contributed by atoms with van der Waals surface area (Å²) < 4.78 is 23.6. The van der Waals surface area contributed by atoms with Crippen LogP contribution < -0.4 is 5.32 Å². The average Bonchev–Trinajstić information content (AvgIpc) is 2.36. The molecule has 7 nitrogen and oxygen atoms in total. The molecule has 0 aromatic rings. The lowest BCUT2D eigenvalue weighted by atomic mass is 10.1. The third-order valence-corrected chi connectivity index (χ3v) is 8.33. The molecule has 1 rings (SSSR count). The highest BCUT2D eigenvalue weighted by Gasteiger charge is 2.59. The van der Waals surface area contributed by atoms with Crippen molar-refractivity contribution in [2.45, 2.75) is 69.2 Å². The van der Waals surface area contributed by atoms with Crippen molar-refractivity contribution in [3.8, 4) is 0 Å². The van der Waals surface area contributed by atoms with Crippen LogP contribution >= 0.6 is 15.2 Å². The van der Waals surface area contributed by atoms with E-state index < -0.39 is 20.2 Å². The maximum Gasteiger partial charge on any atom is 0.357 e. The number of rotatable bonds is 2. The lowest BCUT2D eigenvalue weighted by Crippen LogP contribution is -2.45. The van der Waals surface area contributed by atoms with Crippen LogP contribution in [-0.2, 0) is 9.13 Å². The van der Waals surface area contributed by atoms with Gasteiger partial charge in [-0.2, -0.15) is 0 Å². The van der Waals surface area contributed by atoms with Crippen molar-refractivity contribution in [1.29, 1.82) is 0 Å². The Morgan fingerprint density at radius 3 is 1.48 bits per heavy atom. The van der Waals surface area contributed by atoms with E-state index in [0.717, 1.165) is 44.9 Å². The first-order valence-electron chi connectivity index (χ1n) is 7.57. The Labute approximate surface area is 125 Å². The summed E-state index contributed by atoms with van der Waals surface area (Å²) in [4.78, 5) is 38.2. The maximum atomic E-state index is 11.8. The van der Waals surface area contributed by atoms with Gasteiger partial charge in [-0.1, -0.05) is 51.4 Å². The van der Waals surface area contributed by atoms with Crippen LogP contribution in [-0.4, -0.2) is 31.1 Å². The smallest absolute Gasteiger partial charge is 0.323 e. The van der Waals surface area contributed by atoms with Gasteiger partial charge in [0.25, 0.3) is 0 Å². The minimum atomic E-state index is -4.98. The van der Waals surface area contributed by atoms with Crippen molar-refractivity contribution in [2.24, 2.45) is 0 Å². The fourth-order valence-corrected chi connectivity index (χ4v) is 5.67. The zero-order valence-corrected chi connectivity index (χ0v) is 14.1. The molecule has 0 aromatic heterocycles. The molecule has 0 radical (unpaired) electrons.